The standard InChI is InChI=1S/C102H170N2/c1-69-17-41-81(42-18-69)97(82-43-19-70(2)20-44-82)65-77-33-57-89(58-34-77)103(90-59-35-78(36-60-90)66-98(83-45-21-71(3)22-46-83)84-47-23-72(4)24-48-84)101-93-13-9-11-15-95(93)102(96-16-12-10-14-94(96)101)104(91-61-37-79(38-62-91)67-99(85-49-25-73(5)26-50-85)86-51-27-74(6)28-52-86)92-63-39-80(40-64-92)68-100(87-53-29-75(7)30-54-87)88-55-31-76(8)32-56-88/h65-96,101-102H,9-64H2,1-8H3. The van der Waals surface area contributed by atoms with Crippen molar-refractivity contribution in [3.05, 3.63) is 46.6 Å². The summed E-state index contributed by atoms with van der Waals surface area (Å²) >= 11 is 0. The third kappa shape index (κ3) is 19.2. The maximum Gasteiger partial charge on any atom is 0.0164 e. The summed E-state index contributed by atoms with van der Waals surface area (Å²) in [6.45, 7) is 20.6. The maximum absolute atomic E-state index is 3.66. The predicted molar refractivity (Wildman–Crippen MR) is 446 cm³/mol. The molecule has 0 spiro atoms. The van der Waals surface area contributed by atoms with Gasteiger partial charge in [0.25, 0.3) is 0 Å². The van der Waals surface area contributed by atoms with Crippen LogP contribution in [0.25, 0.3) is 0 Å². The van der Waals surface area contributed by atoms with E-state index in [0.717, 1.165) is 178 Å². The second-order valence-corrected chi connectivity index (χ2v) is 43.7. The molecule has 15 saturated carbocycles. The first-order chi connectivity index (χ1) is 50.8. The Balaban J connectivity index is 0.741. The van der Waals surface area contributed by atoms with Gasteiger partial charge in [0.1, 0.15) is 0 Å². The largest absolute Gasteiger partial charge is 0.294 e. The summed E-state index contributed by atoms with van der Waals surface area (Å²) in [5.74, 6) is 21.6. The molecular weight excluding hydrogens is 1250 g/mol. The lowest BCUT2D eigenvalue weighted by molar-refractivity contribution is -0.148. The van der Waals surface area contributed by atoms with Gasteiger partial charge < -0.3 is 0 Å². The van der Waals surface area contributed by atoms with E-state index in [4.69, 9.17) is 0 Å². The van der Waals surface area contributed by atoms with Crippen molar-refractivity contribution in [3.8, 4) is 0 Å². The number of allylic oxidation sites excluding steroid dienone is 8. The van der Waals surface area contributed by atoms with Gasteiger partial charge in [0.05, 0.1) is 0 Å². The molecule has 4 unspecified atom stereocenters. The molecular formula is C102H170N2. The third-order valence-electron chi connectivity index (χ3n) is 36.5. The lowest BCUT2D eigenvalue weighted by Gasteiger charge is -2.64. The highest BCUT2D eigenvalue weighted by molar-refractivity contribution is 5.21. The molecule has 0 amide bonds. The van der Waals surface area contributed by atoms with Crippen LogP contribution in [0.2, 0.25) is 0 Å². The molecule has 15 rings (SSSR count). The zero-order chi connectivity index (χ0) is 71.2. The van der Waals surface area contributed by atoms with E-state index >= 15 is 0 Å². The van der Waals surface area contributed by atoms with Gasteiger partial charge >= 0.3 is 0 Å². The molecule has 0 aliphatic heterocycles. The van der Waals surface area contributed by atoms with E-state index in [-0.39, 0.29) is 0 Å². The Morgan fingerprint density at radius 3 is 0.462 bits per heavy atom. The van der Waals surface area contributed by atoms with Gasteiger partial charge in [-0.15, -0.1) is 0 Å². The lowest BCUT2D eigenvalue weighted by atomic mass is 9.53. The van der Waals surface area contributed by atoms with Gasteiger partial charge in [-0.1, -0.05) is 230 Å². The normalized spacial score (nSPS) is 45.8. The molecule has 0 saturated heterocycles. The number of nitrogens with zero attached hydrogens (tertiary/aromatic N) is 2. The minimum Gasteiger partial charge on any atom is -0.294 e. The molecule has 15 aliphatic rings. The van der Waals surface area contributed by atoms with Crippen LogP contribution >= 0.6 is 0 Å². The van der Waals surface area contributed by atoms with E-state index in [0.29, 0.717) is 0 Å². The number of hydrogen-bond donors (Lipinski definition) is 0. The fourth-order valence-electron chi connectivity index (χ4n) is 29.7. The van der Waals surface area contributed by atoms with Crippen LogP contribution < -0.4 is 0 Å². The van der Waals surface area contributed by atoms with Crippen molar-refractivity contribution in [3.63, 3.8) is 0 Å². The Morgan fingerprint density at radius 2 is 0.317 bits per heavy atom. The smallest absolute Gasteiger partial charge is 0.0164 e. The van der Waals surface area contributed by atoms with Crippen molar-refractivity contribution in [2.24, 2.45) is 142 Å². The molecule has 104 heavy (non-hydrogen) atoms. The van der Waals surface area contributed by atoms with Gasteiger partial charge in [-0.05, 0) is 373 Å². The molecule has 0 radical (unpaired) electrons. The van der Waals surface area contributed by atoms with Crippen molar-refractivity contribution in [2.45, 2.75) is 451 Å². The van der Waals surface area contributed by atoms with Gasteiger partial charge in [0, 0.05) is 36.3 Å². The fourth-order valence-corrected chi connectivity index (χ4v) is 29.7. The van der Waals surface area contributed by atoms with Gasteiger partial charge in [0.15, 0.2) is 0 Å². The topological polar surface area (TPSA) is 6.48 Å². The SMILES string of the molecule is CC1CCC(C(=CC2CCC(N(C3CCC(C=C(C4CCC(C)CC4)C4CCC(C)CC4)CC3)C3C4CCCCC4C(N(C4CCC(C=C(C5CCC(C)CC5)C5CCC(C)CC5)CC4)C4CCC(C=C(C5CCC(C)CC5)C5CCC(C)CC5)CC4)C4CCCCC43)CC2)C2CCC(C)CC2)CC1. The molecule has 4 atom stereocenters. The summed E-state index contributed by atoms with van der Waals surface area (Å²) in [6.07, 6.45) is 96.2. The first-order valence-corrected chi connectivity index (χ1v) is 49.2. The van der Waals surface area contributed by atoms with Crippen LogP contribution in [0.5, 0.6) is 0 Å². The molecule has 0 aromatic carbocycles. The summed E-state index contributed by atoms with van der Waals surface area (Å²) in [5, 5.41) is 0. The second kappa shape index (κ2) is 37.2. The summed E-state index contributed by atoms with van der Waals surface area (Å²) in [4.78, 5) is 7.32. The highest BCUT2D eigenvalue weighted by Crippen LogP contribution is 2.59. The summed E-state index contributed by atoms with van der Waals surface area (Å²) < 4.78 is 0. The molecule has 0 aromatic heterocycles. The third-order valence-corrected chi connectivity index (χ3v) is 36.5. The Kier molecular flexibility index (Phi) is 28.0. The summed E-state index contributed by atoms with van der Waals surface area (Å²) in [7, 11) is 0. The van der Waals surface area contributed by atoms with Crippen LogP contribution in [0.1, 0.15) is 415 Å². The highest BCUT2D eigenvalue weighted by atomic mass is 15.3. The van der Waals surface area contributed by atoms with Crippen molar-refractivity contribution >= 4 is 0 Å². The first kappa shape index (κ1) is 78.2. The number of hydrogen-bond acceptors (Lipinski definition) is 2. The first-order valence-electron chi connectivity index (χ1n) is 49.2. The minimum absolute atomic E-state index is 0.808. The van der Waals surface area contributed by atoms with Crippen molar-refractivity contribution in [1.29, 1.82) is 0 Å². The van der Waals surface area contributed by atoms with Gasteiger partial charge in [-0.2, -0.15) is 0 Å². The monoisotopic (exact) mass is 1420 g/mol. The Labute approximate surface area is 645 Å². The van der Waals surface area contributed by atoms with Crippen LogP contribution in [0.3, 0.4) is 0 Å². The summed E-state index contributed by atoms with van der Waals surface area (Å²) in [6, 6.07) is 4.90. The number of fused-ring (bicyclic) bond motifs is 2. The predicted octanol–water partition coefficient (Wildman–Crippen LogP) is 29.5. The minimum atomic E-state index is 0.808. The van der Waals surface area contributed by atoms with E-state index in [1.807, 2.05) is 22.3 Å². The molecule has 2 nitrogen and oxygen atoms in total. The molecule has 2 heteroatoms. The Bertz CT molecular complexity index is 2200. The zero-order valence-corrected chi connectivity index (χ0v) is 70.1. The second-order valence-electron chi connectivity index (χ2n) is 43.7. The lowest BCUT2D eigenvalue weighted by Crippen LogP contribution is -2.69. The van der Waals surface area contributed by atoms with Crippen LogP contribution in [0, 0.1) is 142 Å². The van der Waals surface area contributed by atoms with E-state index in [1.54, 1.807) is 25.7 Å². The highest BCUT2D eigenvalue weighted by Gasteiger charge is 2.58. The number of rotatable bonds is 18. The average molecular weight is 1420 g/mol. The summed E-state index contributed by atoms with van der Waals surface area (Å²) in [5.41, 5.74) is 8.09. The van der Waals surface area contributed by atoms with Crippen molar-refractivity contribution < 1.29 is 0 Å². The maximum atomic E-state index is 3.66. The zero-order valence-electron chi connectivity index (χ0n) is 70.1. The van der Waals surface area contributed by atoms with Crippen molar-refractivity contribution in [2.75, 3.05) is 0 Å². The van der Waals surface area contributed by atoms with E-state index in [1.165, 1.54) is 334 Å². The Morgan fingerprint density at radius 1 is 0.173 bits per heavy atom. The fraction of sp³-hybridized carbons (Fsp3) is 0.922. The van der Waals surface area contributed by atoms with Gasteiger partial charge in [-0.25, -0.2) is 0 Å². The molecule has 0 bridgehead atoms. The van der Waals surface area contributed by atoms with Crippen LogP contribution in [-0.4, -0.2) is 46.1 Å². The molecule has 15 fully saturated rings. The van der Waals surface area contributed by atoms with Crippen LogP contribution in [0.15, 0.2) is 46.6 Å². The molecule has 0 aromatic rings. The van der Waals surface area contributed by atoms with Gasteiger partial charge in [0.2, 0.25) is 0 Å². The van der Waals surface area contributed by atoms with Gasteiger partial charge in [-0.3, -0.25) is 9.80 Å². The van der Waals surface area contributed by atoms with Crippen LogP contribution in [0.4, 0.5) is 0 Å². The molecule has 588 valence electrons. The van der Waals surface area contributed by atoms with Crippen molar-refractivity contribution in [1.82, 2.24) is 9.80 Å². The van der Waals surface area contributed by atoms with E-state index < -0.39 is 0 Å². The Hall–Kier alpha value is -1.12. The van der Waals surface area contributed by atoms with E-state index in [9.17, 15) is 0 Å². The van der Waals surface area contributed by atoms with E-state index in [2.05, 4.69) is 89.5 Å². The molecule has 0 N–H and O–H groups in total. The molecule has 15 aliphatic carbocycles. The average Bonchev–Trinajstić information content (AvgIpc) is 0.716. The quantitative estimate of drug-likeness (QED) is 0.126. The van der Waals surface area contributed by atoms with Crippen LogP contribution in [-0.2, 0) is 0 Å². The molecule has 0 heterocycles.